The lowest BCUT2D eigenvalue weighted by molar-refractivity contribution is 0.0948. The fraction of sp³-hybridized carbons (Fsp3) is 0.200. The Morgan fingerprint density at radius 3 is 2.94 bits per heavy atom. The summed E-state index contributed by atoms with van der Waals surface area (Å²) in [5.74, 6) is -1.98. The molecule has 1 heterocycles. The lowest BCUT2D eigenvalue weighted by atomic mass is 10.1. The Kier molecular flexibility index (Phi) is 2.91. The zero-order valence-electron chi connectivity index (χ0n) is 8.28. The van der Waals surface area contributed by atoms with Crippen LogP contribution in [0.4, 0.5) is 8.78 Å². The van der Waals surface area contributed by atoms with Gasteiger partial charge < -0.3 is 0 Å². The Hall–Kier alpha value is -1.82. The van der Waals surface area contributed by atoms with Crippen LogP contribution in [-0.4, -0.2) is 30.3 Å². The van der Waals surface area contributed by atoms with Crippen LogP contribution in [0.5, 0.6) is 0 Å². The number of Topliss-reactive ketones (excluding diaryl/α,β-unsaturated/α-hetero) is 1. The van der Waals surface area contributed by atoms with Gasteiger partial charge in [-0.3, -0.25) is 14.8 Å². The van der Waals surface area contributed by atoms with Crippen molar-refractivity contribution in [2.24, 2.45) is 4.99 Å². The van der Waals surface area contributed by atoms with Crippen molar-refractivity contribution in [3.8, 4) is 0 Å². The van der Waals surface area contributed by atoms with E-state index in [4.69, 9.17) is 0 Å². The second-order valence-corrected chi connectivity index (χ2v) is 3.29. The van der Waals surface area contributed by atoms with E-state index in [2.05, 4.69) is 10.4 Å². The third-order valence-electron chi connectivity index (χ3n) is 2.13. The first-order valence-electron chi connectivity index (χ1n) is 4.65. The van der Waals surface area contributed by atoms with E-state index in [-0.39, 0.29) is 12.1 Å². The molecule has 16 heavy (non-hydrogen) atoms. The smallest absolute Gasteiger partial charge is 0.186 e. The van der Waals surface area contributed by atoms with Crippen LogP contribution in [-0.2, 0) is 0 Å². The van der Waals surface area contributed by atoms with E-state index in [1.165, 1.54) is 11.3 Å². The van der Waals surface area contributed by atoms with E-state index in [0.717, 1.165) is 12.1 Å². The number of rotatable bonds is 3. The predicted octanol–water partition coefficient (Wildman–Crippen LogP) is 0.953. The summed E-state index contributed by atoms with van der Waals surface area (Å²) in [5.41, 5.74) is 2.66. The van der Waals surface area contributed by atoms with Gasteiger partial charge in [0.05, 0.1) is 12.1 Å². The number of carbonyl (C=O) groups is 1. The first-order valence-corrected chi connectivity index (χ1v) is 4.65. The number of hydrazine groups is 1. The molecule has 1 aliphatic heterocycles. The molecule has 0 bridgehead atoms. The van der Waals surface area contributed by atoms with Gasteiger partial charge >= 0.3 is 0 Å². The van der Waals surface area contributed by atoms with E-state index in [0.29, 0.717) is 12.7 Å². The number of nitrogens with zero attached hydrogens (tertiary/aromatic N) is 2. The molecule has 0 unspecified atom stereocenters. The number of hydrogen-bond acceptors (Lipinski definition) is 4. The zero-order valence-corrected chi connectivity index (χ0v) is 8.28. The van der Waals surface area contributed by atoms with Gasteiger partial charge in [-0.15, -0.1) is 0 Å². The number of ketones is 1. The van der Waals surface area contributed by atoms with E-state index >= 15 is 0 Å². The Bertz CT molecular complexity index is 448. The fourth-order valence-electron chi connectivity index (χ4n) is 1.36. The van der Waals surface area contributed by atoms with Gasteiger partial charge in [0.25, 0.3) is 0 Å². The summed E-state index contributed by atoms with van der Waals surface area (Å²) in [6.45, 7) is 0.366. The molecule has 0 fully saturated rings. The maximum Gasteiger partial charge on any atom is 0.186 e. The maximum atomic E-state index is 13.2. The average molecular weight is 225 g/mol. The third-order valence-corrected chi connectivity index (χ3v) is 2.13. The van der Waals surface area contributed by atoms with Crippen molar-refractivity contribution in [2.75, 3.05) is 13.2 Å². The van der Waals surface area contributed by atoms with Crippen LogP contribution >= 0.6 is 0 Å². The molecule has 84 valence electrons. The zero-order chi connectivity index (χ0) is 11.5. The van der Waals surface area contributed by atoms with Crippen molar-refractivity contribution in [2.45, 2.75) is 0 Å². The summed E-state index contributed by atoms with van der Waals surface area (Å²) in [6, 6.07) is 2.89. The Labute approximate surface area is 90.6 Å². The molecular formula is C10H9F2N3O. The molecule has 1 aromatic carbocycles. The van der Waals surface area contributed by atoms with Gasteiger partial charge in [0.1, 0.15) is 24.6 Å². The Balaban J connectivity index is 2.11. The number of benzene rings is 1. The van der Waals surface area contributed by atoms with Crippen LogP contribution in [0.3, 0.4) is 0 Å². The molecule has 0 saturated heterocycles. The van der Waals surface area contributed by atoms with Gasteiger partial charge in [-0.25, -0.2) is 14.2 Å². The van der Waals surface area contributed by atoms with Crippen molar-refractivity contribution in [3.05, 3.63) is 35.4 Å². The SMILES string of the molecule is O=C(CN1C=NCN1)c1ccc(F)cc1F. The first-order chi connectivity index (χ1) is 7.66. The van der Waals surface area contributed by atoms with Crippen molar-refractivity contribution in [3.63, 3.8) is 0 Å². The van der Waals surface area contributed by atoms with Crippen molar-refractivity contribution in [1.82, 2.24) is 10.4 Å². The van der Waals surface area contributed by atoms with Gasteiger partial charge in [-0.2, -0.15) is 0 Å². The van der Waals surface area contributed by atoms with Gasteiger partial charge in [-0.1, -0.05) is 0 Å². The minimum absolute atomic E-state index is 0.0357. The van der Waals surface area contributed by atoms with E-state index in [1.807, 2.05) is 0 Å². The minimum Gasteiger partial charge on any atom is -0.292 e. The molecule has 0 aromatic heterocycles. The second kappa shape index (κ2) is 4.36. The number of halogens is 2. The molecule has 0 amide bonds. The van der Waals surface area contributed by atoms with Crippen LogP contribution in [0.15, 0.2) is 23.2 Å². The standard InChI is InChI=1S/C10H9F2N3O/c11-7-1-2-8(9(12)3-7)10(16)4-15-6-13-5-14-15/h1-3,6,14H,4-5H2. The molecule has 0 spiro atoms. The van der Waals surface area contributed by atoms with Gasteiger partial charge in [0.15, 0.2) is 5.78 Å². The highest BCUT2D eigenvalue weighted by Crippen LogP contribution is 2.10. The van der Waals surface area contributed by atoms with Gasteiger partial charge in [0, 0.05) is 6.07 Å². The van der Waals surface area contributed by atoms with Crippen LogP contribution in [0.1, 0.15) is 10.4 Å². The van der Waals surface area contributed by atoms with E-state index in [1.54, 1.807) is 0 Å². The van der Waals surface area contributed by atoms with Crippen LogP contribution < -0.4 is 5.43 Å². The van der Waals surface area contributed by atoms with Gasteiger partial charge in [0.2, 0.25) is 0 Å². The van der Waals surface area contributed by atoms with Crippen molar-refractivity contribution >= 4 is 12.1 Å². The molecule has 1 aliphatic rings. The highest BCUT2D eigenvalue weighted by molar-refractivity contribution is 5.98. The molecular weight excluding hydrogens is 216 g/mol. The molecule has 6 heteroatoms. The van der Waals surface area contributed by atoms with E-state index in [9.17, 15) is 13.6 Å². The summed E-state index contributed by atoms with van der Waals surface area (Å²) in [5, 5.41) is 1.45. The average Bonchev–Trinajstić information content (AvgIpc) is 2.70. The molecule has 1 N–H and O–H groups in total. The molecule has 2 rings (SSSR count). The molecule has 0 aliphatic carbocycles. The quantitative estimate of drug-likeness (QED) is 0.779. The molecule has 4 nitrogen and oxygen atoms in total. The van der Waals surface area contributed by atoms with Crippen LogP contribution in [0, 0.1) is 11.6 Å². The Morgan fingerprint density at radius 2 is 2.31 bits per heavy atom. The number of nitrogens with one attached hydrogen (secondary N) is 1. The summed E-state index contributed by atoms with van der Waals surface area (Å²) in [7, 11) is 0. The Morgan fingerprint density at radius 1 is 1.50 bits per heavy atom. The number of hydrogen-bond donors (Lipinski definition) is 1. The molecule has 1 aromatic rings. The fourth-order valence-corrected chi connectivity index (χ4v) is 1.36. The largest absolute Gasteiger partial charge is 0.292 e. The van der Waals surface area contributed by atoms with Gasteiger partial charge in [-0.05, 0) is 12.1 Å². The summed E-state index contributed by atoms with van der Waals surface area (Å²) in [4.78, 5) is 15.5. The lowest BCUT2D eigenvalue weighted by Gasteiger charge is -2.13. The summed E-state index contributed by atoms with van der Waals surface area (Å²) >= 11 is 0. The van der Waals surface area contributed by atoms with Crippen molar-refractivity contribution in [1.29, 1.82) is 0 Å². The topological polar surface area (TPSA) is 44.7 Å². The summed E-state index contributed by atoms with van der Waals surface area (Å²) in [6.07, 6.45) is 1.46. The van der Waals surface area contributed by atoms with Crippen LogP contribution in [0.25, 0.3) is 0 Å². The molecule has 0 radical (unpaired) electrons. The maximum absolute atomic E-state index is 13.2. The number of aliphatic imine (C=N–C) groups is 1. The summed E-state index contributed by atoms with van der Waals surface area (Å²) < 4.78 is 25.9. The third kappa shape index (κ3) is 2.22. The highest BCUT2D eigenvalue weighted by atomic mass is 19.1. The van der Waals surface area contributed by atoms with Crippen LogP contribution in [0.2, 0.25) is 0 Å². The second-order valence-electron chi connectivity index (χ2n) is 3.29. The van der Waals surface area contributed by atoms with E-state index < -0.39 is 17.4 Å². The monoisotopic (exact) mass is 225 g/mol. The lowest BCUT2D eigenvalue weighted by Crippen LogP contribution is -2.36. The molecule has 0 saturated carbocycles. The predicted molar refractivity (Wildman–Crippen MR) is 53.9 cm³/mol. The minimum atomic E-state index is -0.846. The number of carbonyl (C=O) groups excluding carboxylic acids is 1. The highest BCUT2D eigenvalue weighted by Gasteiger charge is 2.16. The van der Waals surface area contributed by atoms with Crippen molar-refractivity contribution < 1.29 is 13.6 Å². The first kappa shape index (κ1) is 10.7. The molecule has 0 atom stereocenters. The normalized spacial score (nSPS) is 14.5.